The van der Waals surface area contributed by atoms with E-state index < -0.39 is 33.3 Å². The van der Waals surface area contributed by atoms with Crippen LogP contribution in [0.25, 0.3) is 0 Å². The molecular formula is C18H20F2N2O3S. The van der Waals surface area contributed by atoms with Crippen molar-refractivity contribution in [3.8, 4) is 0 Å². The molecule has 2 N–H and O–H groups in total. The lowest BCUT2D eigenvalue weighted by Crippen LogP contribution is -2.25. The lowest BCUT2D eigenvalue weighted by atomic mass is 10.2. The Labute approximate surface area is 151 Å². The second-order valence-corrected chi connectivity index (χ2v) is 7.45. The molecule has 5 nitrogen and oxygen atoms in total. The summed E-state index contributed by atoms with van der Waals surface area (Å²) in [6.45, 7) is 2.31. The first kappa shape index (κ1) is 20.0. The van der Waals surface area contributed by atoms with E-state index in [-0.39, 0.29) is 10.5 Å². The number of nitrogens with one attached hydrogen (secondary N) is 2. The molecule has 0 radical (unpaired) electrons. The number of unbranched alkanes of at least 4 members (excludes halogenated alkanes) is 2. The molecule has 2 aromatic rings. The third kappa shape index (κ3) is 5.09. The van der Waals surface area contributed by atoms with Gasteiger partial charge in [-0.15, -0.1) is 0 Å². The van der Waals surface area contributed by atoms with E-state index in [2.05, 4.69) is 10.0 Å². The maximum Gasteiger partial charge on any atom is 0.255 e. The molecular weight excluding hydrogens is 362 g/mol. The van der Waals surface area contributed by atoms with Gasteiger partial charge in [-0.3, -0.25) is 4.79 Å². The van der Waals surface area contributed by atoms with Gasteiger partial charge >= 0.3 is 0 Å². The van der Waals surface area contributed by atoms with Crippen LogP contribution in [0.15, 0.2) is 47.4 Å². The second-order valence-electron chi connectivity index (χ2n) is 5.68. The highest BCUT2D eigenvalue weighted by Crippen LogP contribution is 2.20. The summed E-state index contributed by atoms with van der Waals surface area (Å²) in [4.78, 5) is 12.1. The van der Waals surface area contributed by atoms with E-state index in [0.29, 0.717) is 13.0 Å². The molecule has 0 aliphatic carbocycles. The Hall–Kier alpha value is -2.32. The Morgan fingerprint density at radius 3 is 2.35 bits per heavy atom. The predicted octanol–water partition coefficient (Wildman–Crippen LogP) is 3.69. The quantitative estimate of drug-likeness (QED) is 0.684. The Kier molecular flexibility index (Phi) is 6.82. The van der Waals surface area contributed by atoms with Gasteiger partial charge < -0.3 is 5.32 Å². The lowest BCUT2D eigenvalue weighted by molar-refractivity contribution is 0.102. The molecule has 0 aromatic heterocycles. The molecule has 2 rings (SSSR count). The third-order valence-electron chi connectivity index (χ3n) is 3.68. The van der Waals surface area contributed by atoms with Crippen LogP contribution in [0.5, 0.6) is 0 Å². The van der Waals surface area contributed by atoms with Crippen LogP contribution in [0, 0.1) is 11.6 Å². The van der Waals surface area contributed by atoms with Gasteiger partial charge in [0.2, 0.25) is 10.0 Å². The number of benzene rings is 2. The molecule has 2 aromatic carbocycles. The summed E-state index contributed by atoms with van der Waals surface area (Å²) in [6, 6.07) is 8.48. The zero-order valence-electron chi connectivity index (χ0n) is 14.3. The number of carbonyl (C=O) groups is 1. The molecule has 0 atom stereocenters. The minimum Gasteiger partial charge on any atom is -0.317 e. The topological polar surface area (TPSA) is 75.3 Å². The number of para-hydroxylation sites is 1. The number of anilines is 1. The van der Waals surface area contributed by atoms with Gasteiger partial charge in [0, 0.05) is 12.1 Å². The van der Waals surface area contributed by atoms with Gasteiger partial charge in [0.25, 0.3) is 5.91 Å². The normalized spacial score (nSPS) is 11.3. The zero-order valence-corrected chi connectivity index (χ0v) is 15.1. The van der Waals surface area contributed by atoms with Crippen molar-refractivity contribution in [3.63, 3.8) is 0 Å². The van der Waals surface area contributed by atoms with Crippen LogP contribution < -0.4 is 10.0 Å². The second kappa shape index (κ2) is 8.86. The molecule has 0 bridgehead atoms. The molecule has 0 fully saturated rings. The van der Waals surface area contributed by atoms with Crippen LogP contribution in [-0.4, -0.2) is 20.9 Å². The summed E-state index contributed by atoms with van der Waals surface area (Å²) < 4.78 is 54.3. The Bertz CT molecular complexity index is 866. The largest absolute Gasteiger partial charge is 0.317 e. The third-order valence-corrected chi connectivity index (χ3v) is 5.14. The Balaban J connectivity index is 2.16. The maximum absolute atomic E-state index is 13.6. The first-order valence-corrected chi connectivity index (χ1v) is 9.68. The highest BCUT2D eigenvalue weighted by molar-refractivity contribution is 7.89. The maximum atomic E-state index is 13.6. The van der Waals surface area contributed by atoms with Crippen LogP contribution in [0.4, 0.5) is 14.5 Å². The number of carbonyl (C=O) groups excluding carboxylic acids is 1. The summed E-state index contributed by atoms with van der Waals surface area (Å²) in [5.41, 5.74) is -0.604. The summed E-state index contributed by atoms with van der Waals surface area (Å²) in [7, 11) is -3.76. The van der Waals surface area contributed by atoms with Crippen molar-refractivity contribution in [3.05, 3.63) is 59.7 Å². The van der Waals surface area contributed by atoms with Gasteiger partial charge in [-0.05, 0) is 36.8 Å². The molecule has 140 valence electrons. The molecule has 0 spiro atoms. The smallest absolute Gasteiger partial charge is 0.255 e. The average molecular weight is 382 g/mol. The average Bonchev–Trinajstić information content (AvgIpc) is 2.62. The first-order chi connectivity index (χ1) is 12.3. The van der Waals surface area contributed by atoms with E-state index in [9.17, 15) is 22.0 Å². The molecule has 1 amide bonds. The zero-order chi connectivity index (χ0) is 19.2. The number of hydrogen-bond donors (Lipinski definition) is 2. The molecule has 8 heteroatoms. The van der Waals surface area contributed by atoms with Crippen molar-refractivity contribution in [2.75, 3.05) is 11.9 Å². The predicted molar refractivity (Wildman–Crippen MR) is 95.5 cm³/mol. The number of hydrogen-bond acceptors (Lipinski definition) is 3. The minimum atomic E-state index is -3.76. The van der Waals surface area contributed by atoms with Gasteiger partial charge in [-0.2, -0.15) is 0 Å². The standard InChI is InChI=1S/C18H20F2N2O3S/c1-2-3-4-11-21-26(24,25)14-8-5-7-13(12-14)18(23)22-17-15(19)9-6-10-16(17)20/h5-10,12,21H,2-4,11H2,1H3,(H,22,23). The lowest BCUT2D eigenvalue weighted by Gasteiger charge is -2.10. The Morgan fingerprint density at radius 1 is 1.04 bits per heavy atom. The number of sulfonamides is 1. The van der Waals surface area contributed by atoms with Gasteiger partial charge in [0.05, 0.1) is 4.90 Å². The summed E-state index contributed by atoms with van der Waals surface area (Å²) in [5, 5.41) is 2.13. The molecule has 0 heterocycles. The van der Waals surface area contributed by atoms with E-state index in [1.807, 2.05) is 6.92 Å². The van der Waals surface area contributed by atoms with Gasteiger partial charge in [0.15, 0.2) is 0 Å². The molecule has 26 heavy (non-hydrogen) atoms. The van der Waals surface area contributed by atoms with Crippen LogP contribution in [-0.2, 0) is 10.0 Å². The number of amides is 1. The van der Waals surface area contributed by atoms with E-state index in [4.69, 9.17) is 0 Å². The molecule has 0 saturated carbocycles. The van der Waals surface area contributed by atoms with Gasteiger partial charge in [-0.25, -0.2) is 21.9 Å². The van der Waals surface area contributed by atoms with Crippen molar-refractivity contribution >= 4 is 21.6 Å². The van der Waals surface area contributed by atoms with E-state index in [0.717, 1.165) is 31.0 Å². The van der Waals surface area contributed by atoms with Crippen molar-refractivity contribution in [2.24, 2.45) is 0 Å². The Morgan fingerprint density at radius 2 is 1.69 bits per heavy atom. The fourth-order valence-electron chi connectivity index (χ4n) is 2.27. The van der Waals surface area contributed by atoms with E-state index in [1.165, 1.54) is 24.3 Å². The van der Waals surface area contributed by atoms with Crippen molar-refractivity contribution < 1.29 is 22.0 Å². The summed E-state index contributed by atoms with van der Waals surface area (Å²) in [6.07, 6.45) is 2.58. The van der Waals surface area contributed by atoms with Crippen LogP contribution in [0.1, 0.15) is 36.5 Å². The van der Waals surface area contributed by atoms with Gasteiger partial charge in [-0.1, -0.05) is 31.9 Å². The van der Waals surface area contributed by atoms with Crippen molar-refractivity contribution in [1.82, 2.24) is 4.72 Å². The number of rotatable bonds is 8. The molecule has 0 aliphatic heterocycles. The fourth-order valence-corrected chi connectivity index (χ4v) is 3.39. The van der Waals surface area contributed by atoms with Gasteiger partial charge in [0.1, 0.15) is 17.3 Å². The molecule has 0 saturated heterocycles. The first-order valence-electron chi connectivity index (χ1n) is 8.20. The van der Waals surface area contributed by atoms with E-state index >= 15 is 0 Å². The summed E-state index contributed by atoms with van der Waals surface area (Å²) in [5.74, 6) is -2.64. The highest BCUT2D eigenvalue weighted by Gasteiger charge is 2.17. The highest BCUT2D eigenvalue weighted by atomic mass is 32.2. The van der Waals surface area contributed by atoms with E-state index in [1.54, 1.807) is 0 Å². The number of halogens is 2. The minimum absolute atomic E-state index is 0.0240. The fraction of sp³-hybridized carbons (Fsp3) is 0.278. The SMILES string of the molecule is CCCCCNS(=O)(=O)c1cccc(C(=O)Nc2c(F)cccc2F)c1. The van der Waals surface area contributed by atoms with Crippen LogP contribution in [0.3, 0.4) is 0 Å². The molecule has 0 aliphatic rings. The molecule has 0 unspecified atom stereocenters. The monoisotopic (exact) mass is 382 g/mol. The van der Waals surface area contributed by atoms with Crippen LogP contribution >= 0.6 is 0 Å². The van der Waals surface area contributed by atoms with Crippen molar-refractivity contribution in [1.29, 1.82) is 0 Å². The van der Waals surface area contributed by atoms with Crippen molar-refractivity contribution in [2.45, 2.75) is 31.1 Å². The summed E-state index contributed by atoms with van der Waals surface area (Å²) >= 11 is 0. The van der Waals surface area contributed by atoms with Crippen LogP contribution in [0.2, 0.25) is 0 Å².